The van der Waals surface area contributed by atoms with Gasteiger partial charge in [-0.1, -0.05) is 41.7 Å². The minimum absolute atomic E-state index is 0.221. The molecular formula is C16H17N3O. The third-order valence-electron chi connectivity index (χ3n) is 2.75. The topological polar surface area (TPSA) is 50.9 Å². The lowest BCUT2D eigenvalue weighted by Gasteiger charge is -1.97. The molecule has 1 heterocycles. The average Bonchev–Trinajstić information content (AvgIpc) is 2.93. The number of allylic oxidation sites excluding steroid dienone is 6. The Morgan fingerprint density at radius 2 is 2.10 bits per heavy atom. The molecule has 2 rings (SSSR count). The number of hydrogen-bond acceptors (Lipinski definition) is 3. The standard InChI is InChI=1S/C16H17N3O/c1-3-4-5-6-8-13(2)19-12-16(17-18-19)14-9-7-10-15(20)11-14/h3-12,20H,1-2H3/b4-3?,6-5-,13-8+. The average molecular weight is 267 g/mol. The van der Waals surface area contributed by atoms with E-state index in [0.717, 1.165) is 17.0 Å². The second-order valence-corrected chi connectivity index (χ2v) is 4.32. The molecule has 20 heavy (non-hydrogen) atoms. The third kappa shape index (κ3) is 3.45. The molecule has 0 radical (unpaired) electrons. The molecule has 4 nitrogen and oxygen atoms in total. The zero-order valence-corrected chi connectivity index (χ0v) is 11.6. The fourth-order valence-corrected chi connectivity index (χ4v) is 1.68. The van der Waals surface area contributed by atoms with Gasteiger partial charge < -0.3 is 5.11 Å². The van der Waals surface area contributed by atoms with Gasteiger partial charge >= 0.3 is 0 Å². The highest BCUT2D eigenvalue weighted by Crippen LogP contribution is 2.21. The largest absolute Gasteiger partial charge is 0.508 e. The van der Waals surface area contributed by atoms with E-state index in [1.807, 2.05) is 56.5 Å². The Balaban J connectivity index is 2.20. The molecule has 0 aliphatic carbocycles. The van der Waals surface area contributed by atoms with Gasteiger partial charge in [0, 0.05) is 11.3 Å². The van der Waals surface area contributed by atoms with E-state index in [1.165, 1.54) is 0 Å². The molecule has 1 aromatic heterocycles. The highest BCUT2D eigenvalue weighted by atomic mass is 16.3. The molecule has 0 saturated carbocycles. The first-order valence-corrected chi connectivity index (χ1v) is 6.39. The maximum absolute atomic E-state index is 9.48. The number of hydrogen-bond donors (Lipinski definition) is 1. The van der Waals surface area contributed by atoms with Gasteiger partial charge in [-0.3, -0.25) is 0 Å². The zero-order valence-electron chi connectivity index (χ0n) is 11.6. The SMILES string of the molecule is CC=C/C=C\C=C(/C)n1cc(-c2cccc(O)c2)nn1. The predicted octanol–water partition coefficient (Wildman–Crippen LogP) is 3.64. The van der Waals surface area contributed by atoms with E-state index in [2.05, 4.69) is 10.3 Å². The molecule has 2 aromatic rings. The van der Waals surface area contributed by atoms with E-state index in [0.29, 0.717) is 0 Å². The monoisotopic (exact) mass is 267 g/mol. The molecule has 0 atom stereocenters. The molecule has 4 heteroatoms. The predicted molar refractivity (Wildman–Crippen MR) is 81.0 cm³/mol. The lowest BCUT2D eigenvalue weighted by Crippen LogP contribution is -1.93. The van der Waals surface area contributed by atoms with Crippen LogP contribution in [0.2, 0.25) is 0 Å². The van der Waals surface area contributed by atoms with Crippen LogP contribution in [0.1, 0.15) is 13.8 Å². The van der Waals surface area contributed by atoms with E-state index >= 15 is 0 Å². The van der Waals surface area contributed by atoms with Crippen molar-refractivity contribution in [2.24, 2.45) is 0 Å². The van der Waals surface area contributed by atoms with Crippen molar-refractivity contribution >= 4 is 5.70 Å². The van der Waals surface area contributed by atoms with Gasteiger partial charge in [0.2, 0.25) is 0 Å². The first-order valence-electron chi connectivity index (χ1n) is 6.39. The molecule has 1 N–H and O–H groups in total. The maximum atomic E-state index is 9.48. The lowest BCUT2D eigenvalue weighted by atomic mass is 10.1. The second kappa shape index (κ2) is 6.52. The Labute approximate surface area is 118 Å². The van der Waals surface area contributed by atoms with Crippen LogP contribution in [0.15, 0.2) is 60.8 Å². The summed E-state index contributed by atoms with van der Waals surface area (Å²) in [6.45, 7) is 3.93. The van der Waals surface area contributed by atoms with Crippen molar-refractivity contribution in [2.75, 3.05) is 0 Å². The lowest BCUT2D eigenvalue weighted by molar-refractivity contribution is 0.475. The summed E-state index contributed by atoms with van der Waals surface area (Å²) in [6.07, 6.45) is 11.6. The molecule has 0 unspecified atom stereocenters. The van der Waals surface area contributed by atoms with E-state index < -0.39 is 0 Å². The van der Waals surface area contributed by atoms with Crippen LogP contribution in [0.5, 0.6) is 5.75 Å². The summed E-state index contributed by atoms with van der Waals surface area (Å²) < 4.78 is 1.71. The normalized spacial score (nSPS) is 12.6. The second-order valence-electron chi connectivity index (χ2n) is 4.32. The van der Waals surface area contributed by atoms with Gasteiger partial charge in [-0.05, 0) is 32.1 Å². The third-order valence-corrected chi connectivity index (χ3v) is 2.75. The number of aromatic hydroxyl groups is 1. The Hall–Kier alpha value is -2.62. The summed E-state index contributed by atoms with van der Waals surface area (Å²) in [6, 6.07) is 6.97. The molecule has 0 saturated heterocycles. The Morgan fingerprint density at radius 3 is 2.85 bits per heavy atom. The van der Waals surface area contributed by atoms with Crippen LogP contribution in [-0.4, -0.2) is 20.1 Å². The molecule has 102 valence electrons. The van der Waals surface area contributed by atoms with Gasteiger partial charge in [0.05, 0.1) is 6.20 Å². The highest BCUT2D eigenvalue weighted by molar-refractivity contribution is 5.61. The minimum atomic E-state index is 0.221. The van der Waals surface area contributed by atoms with E-state index in [9.17, 15) is 5.11 Å². The Morgan fingerprint density at radius 1 is 1.25 bits per heavy atom. The van der Waals surface area contributed by atoms with Crippen LogP contribution in [-0.2, 0) is 0 Å². The number of phenolic OH excluding ortho intramolecular Hbond substituents is 1. The summed E-state index contributed by atoms with van der Waals surface area (Å²) in [5.74, 6) is 0.221. The fraction of sp³-hybridized carbons (Fsp3) is 0.125. The summed E-state index contributed by atoms with van der Waals surface area (Å²) in [5, 5.41) is 17.7. The van der Waals surface area contributed by atoms with Gasteiger partial charge in [0.15, 0.2) is 0 Å². The fourth-order valence-electron chi connectivity index (χ4n) is 1.68. The van der Waals surface area contributed by atoms with Crippen molar-refractivity contribution in [3.8, 4) is 17.0 Å². The number of benzene rings is 1. The van der Waals surface area contributed by atoms with Crippen molar-refractivity contribution in [2.45, 2.75) is 13.8 Å². The quantitative estimate of drug-likeness (QED) is 0.860. The number of rotatable bonds is 4. The number of phenols is 1. The molecule has 0 fully saturated rings. The number of nitrogens with zero attached hydrogens (tertiary/aromatic N) is 3. The zero-order chi connectivity index (χ0) is 14.4. The molecule has 0 amide bonds. The number of aromatic nitrogens is 3. The molecular weight excluding hydrogens is 250 g/mol. The Kier molecular flexibility index (Phi) is 4.50. The van der Waals surface area contributed by atoms with E-state index in [4.69, 9.17) is 0 Å². The summed E-state index contributed by atoms with van der Waals surface area (Å²) in [5.41, 5.74) is 2.53. The van der Waals surface area contributed by atoms with Crippen LogP contribution in [0.3, 0.4) is 0 Å². The first-order chi connectivity index (χ1) is 9.70. The highest BCUT2D eigenvalue weighted by Gasteiger charge is 2.04. The minimum Gasteiger partial charge on any atom is -0.508 e. The van der Waals surface area contributed by atoms with Crippen molar-refractivity contribution in [3.05, 3.63) is 60.8 Å². The molecule has 1 aromatic carbocycles. The van der Waals surface area contributed by atoms with Crippen molar-refractivity contribution in [1.82, 2.24) is 15.0 Å². The van der Waals surface area contributed by atoms with Crippen LogP contribution >= 0.6 is 0 Å². The smallest absolute Gasteiger partial charge is 0.116 e. The van der Waals surface area contributed by atoms with Gasteiger partial charge in [-0.2, -0.15) is 0 Å². The molecule has 0 spiro atoms. The van der Waals surface area contributed by atoms with Gasteiger partial charge in [-0.25, -0.2) is 4.68 Å². The molecule has 0 aliphatic heterocycles. The van der Waals surface area contributed by atoms with E-state index in [1.54, 1.807) is 22.9 Å². The molecule has 0 aliphatic rings. The van der Waals surface area contributed by atoms with Crippen LogP contribution in [0, 0.1) is 0 Å². The van der Waals surface area contributed by atoms with Gasteiger partial charge in [0.25, 0.3) is 0 Å². The van der Waals surface area contributed by atoms with Crippen molar-refractivity contribution in [1.29, 1.82) is 0 Å². The van der Waals surface area contributed by atoms with E-state index in [-0.39, 0.29) is 5.75 Å². The maximum Gasteiger partial charge on any atom is 0.116 e. The molecule has 0 bridgehead atoms. The summed E-state index contributed by atoms with van der Waals surface area (Å²) in [4.78, 5) is 0. The summed E-state index contributed by atoms with van der Waals surface area (Å²) >= 11 is 0. The van der Waals surface area contributed by atoms with Crippen molar-refractivity contribution in [3.63, 3.8) is 0 Å². The van der Waals surface area contributed by atoms with Gasteiger partial charge in [-0.15, -0.1) is 5.10 Å². The first kappa shape index (κ1) is 13.8. The Bertz CT molecular complexity index is 666. The summed E-state index contributed by atoms with van der Waals surface area (Å²) in [7, 11) is 0. The van der Waals surface area contributed by atoms with Crippen LogP contribution < -0.4 is 0 Å². The van der Waals surface area contributed by atoms with Gasteiger partial charge in [0.1, 0.15) is 11.4 Å². The van der Waals surface area contributed by atoms with Crippen LogP contribution in [0.4, 0.5) is 0 Å². The van der Waals surface area contributed by atoms with Crippen molar-refractivity contribution < 1.29 is 5.11 Å². The van der Waals surface area contributed by atoms with Crippen LogP contribution in [0.25, 0.3) is 17.0 Å².